The van der Waals surface area contributed by atoms with Gasteiger partial charge >= 0.3 is 0 Å². The summed E-state index contributed by atoms with van der Waals surface area (Å²) in [5.41, 5.74) is 1.24. The Kier molecular flexibility index (Phi) is 4.02. The van der Waals surface area contributed by atoms with Crippen molar-refractivity contribution in [2.24, 2.45) is 0 Å². The Morgan fingerprint density at radius 2 is 1.68 bits per heavy atom. The molecule has 0 fully saturated rings. The summed E-state index contributed by atoms with van der Waals surface area (Å²) in [6, 6.07) is 9.98. The van der Waals surface area contributed by atoms with Gasteiger partial charge in [0.05, 0.1) is 10.7 Å². The molecule has 0 bridgehead atoms. The van der Waals surface area contributed by atoms with Gasteiger partial charge in [-0.1, -0.05) is 30.3 Å². The number of halogens is 1. The zero-order chi connectivity index (χ0) is 13.9. The fourth-order valence-corrected chi connectivity index (χ4v) is 3.03. The molecule has 2 aromatic rings. The van der Waals surface area contributed by atoms with Crippen LogP contribution in [-0.4, -0.2) is 13.4 Å². The van der Waals surface area contributed by atoms with E-state index >= 15 is 0 Å². The lowest BCUT2D eigenvalue weighted by Crippen LogP contribution is -2.06. The predicted octanol–water partition coefficient (Wildman–Crippen LogP) is 3.32. The van der Waals surface area contributed by atoms with E-state index in [1.807, 2.05) is 0 Å². The van der Waals surface area contributed by atoms with Gasteiger partial charge in [0.1, 0.15) is 0 Å². The van der Waals surface area contributed by atoms with Crippen LogP contribution in [0.5, 0.6) is 0 Å². The Morgan fingerprint density at radius 1 is 1.11 bits per heavy atom. The first kappa shape index (κ1) is 13.8. The molecular weight excluding hydrogens is 282 g/mol. The van der Waals surface area contributed by atoms with Crippen LogP contribution in [0.2, 0.25) is 5.02 Å². The van der Waals surface area contributed by atoms with Crippen molar-refractivity contribution in [2.75, 3.05) is 0 Å². The van der Waals surface area contributed by atoms with Gasteiger partial charge < -0.3 is 0 Å². The molecule has 0 aliphatic rings. The minimum absolute atomic E-state index is 0.0919. The highest BCUT2D eigenvalue weighted by Gasteiger charge is 2.18. The van der Waals surface area contributed by atoms with Crippen LogP contribution in [0.1, 0.15) is 11.1 Å². The van der Waals surface area contributed by atoms with Crippen molar-refractivity contribution in [3.05, 3.63) is 71.5 Å². The van der Waals surface area contributed by atoms with E-state index in [1.165, 1.54) is 0 Å². The molecule has 3 nitrogen and oxygen atoms in total. The largest absolute Gasteiger partial charge is 0.265 e. The first-order chi connectivity index (χ1) is 8.99. The molecule has 0 spiro atoms. The molecule has 2 rings (SSSR count). The van der Waals surface area contributed by atoms with E-state index < -0.39 is 9.84 Å². The van der Waals surface area contributed by atoms with Crippen molar-refractivity contribution < 1.29 is 8.42 Å². The summed E-state index contributed by atoms with van der Waals surface area (Å²) in [5.74, 6) is -0.0919. The number of rotatable bonds is 4. The standard InChI is InChI=1S/C14H12ClNO2S/c1-11(13-6-8-16-9-7-13)19(17,18)10-12-2-4-14(15)5-3-12/h2-9H,1,10H2. The van der Waals surface area contributed by atoms with Gasteiger partial charge in [0, 0.05) is 17.4 Å². The van der Waals surface area contributed by atoms with Gasteiger partial charge in [-0.05, 0) is 35.4 Å². The maximum Gasteiger partial charge on any atom is 0.182 e. The molecule has 0 saturated heterocycles. The monoisotopic (exact) mass is 293 g/mol. The molecule has 1 heterocycles. The number of sulfone groups is 1. The molecule has 5 heteroatoms. The normalized spacial score (nSPS) is 11.2. The second kappa shape index (κ2) is 5.55. The molecule has 0 saturated carbocycles. The number of hydrogen-bond donors (Lipinski definition) is 0. The first-order valence-corrected chi connectivity index (χ1v) is 7.58. The van der Waals surface area contributed by atoms with Crippen LogP contribution in [0, 0.1) is 0 Å². The third-order valence-corrected chi connectivity index (χ3v) is 4.60. The number of benzene rings is 1. The molecule has 0 radical (unpaired) electrons. The fraction of sp³-hybridized carbons (Fsp3) is 0.0714. The van der Waals surface area contributed by atoms with Crippen molar-refractivity contribution >= 4 is 26.3 Å². The van der Waals surface area contributed by atoms with Crippen LogP contribution in [0.4, 0.5) is 0 Å². The lowest BCUT2D eigenvalue weighted by atomic mass is 10.2. The molecule has 19 heavy (non-hydrogen) atoms. The zero-order valence-electron chi connectivity index (χ0n) is 10.1. The highest BCUT2D eigenvalue weighted by atomic mass is 35.5. The van der Waals surface area contributed by atoms with Crippen molar-refractivity contribution in [2.45, 2.75) is 5.75 Å². The highest BCUT2D eigenvalue weighted by Crippen LogP contribution is 2.22. The van der Waals surface area contributed by atoms with Crippen LogP contribution in [0.3, 0.4) is 0 Å². The fourth-order valence-electron chi connectivity index (χ4n) is 1.60. The summed E-state index contributed by atoms with van der Waals surface area (Å²) < 4.78 is 24.5. The lowest BCUT2D eigenvalue weighted by Gasteiger charge is -2.08. The van der Waals surface area contributed by atoms with E-state index in [4.69, 9.17) is 11.6 Å². The summed E-state index contributed by atoms with van der Waals surface area (Å²) in [6.07, 6.45) is 3.08. The Labute approximate surface area is 117 Å². The summed E-state index contributed by atoms with van der Waals surface area (Å²) in [7, 11) is -3.44. The van der Waals surface area contributed by atoms with Gasteiger partial charge in [-0.2, -0.15) is 0 Å². The van der Waals surface area contributed by atoms with E-state index in [1.54, 1.807) is 48.8 Å². The second-order valence-corrected chi connectivity index (χ2v) is 6.49. The van der Waals surface area contributed by atoms with Gasteiger partial charge in [0.2, 0.25) is 0 Å². The molecule has 1 aromatic carbocycles. The van der Waals surface area contributed by atoms with Crippen LogP contribution in [0.25, 0.3) is 4.91 Å². The second-order valence-electron chi connectivity index (χ2n) is 4.04. The predicted molar refractivity (Wildman–Crippen MR) is 77.3 cm³/mol. The van der Waals surface area contributed by atoms with E-state index in [2.05, 4.69) is 11.6 Å². The van der Waals surface area contributed by atoms with Crippen molar-refractivity contribution in [1.82, 2.24) is 4.98 Å². The van der Waals surface area contributed by atoms with Crippen molar-refractivity contribution in [1.29, 1.82) is 0 Å². The Hall–Kier alpha value is -1.65. The summed E-state index contributed by atoms with van der Waals surface area (Å²) >= 11 is 5.77. The van der Waals surface area contributed by atoms with Gasteiger partial charge in [0.15, 0.2) is 9.84 Å². The average Bonchev–Trinajstić information content (AvgIpc) is 2.41. The molecule has 0 atom stereocenters. The molecule has 0 aliphatic carbocycles. The molecule has 98 valence electrons. The quantitative estimate of drug-likeness (QED) is 0.869. The number of aromatic nitrogens is 1. The third kappa shape index (κ3) is 3.43. The molecule has 0 N–H and O–H groups in total. The Balaban J connectivity index is 2.24. The zero-order valence-corrected chi connectivity index (χ0v) is 11.7. The SMILES string of the molecule is C=C(c1ccncc1)S(=O)(=O)Cc1ccc(Cl)cc1. The minimum Gasteiger partial charge on any atom is -0.265 e. The summed E-state index contributed by atoms with van der Waals surface area (Å²) in [5, 5.41) is 0.578. The average molecular weight is 294 g/mol. The van der Waals surface area contributed by atoms with Crippen molar-refractivity contribution in [3.8, 4) is 0 Å². The third-order valence-electron chi connectivity index (χ3n) is 2.65. The molecule has 0 amide bonds. The maximum absolute atomic E-state index is 12.2. The van der Waals surface area contributed by atoms with Crippen molar-refractivity contribution in [3.63, 3.8) is 0 Å². The first-order valence-electron chi connectivity index (χ1n) is 5.55. The van der Waals surface area contributed by atoms with Gasteiger partial charge in [-0.3, -0.25) is 4.98 Å². The lowest BCUT2D eigenvalue weighted by molar-refractivity contribution is 0.605. The topological polar surface area (TPSA) is 47.0 Å². The molecule has 1 aromatic heterocycles. The molecule has 0 aliphatic heterocycles. The Morgan fingerprint density at radius 3 is 2.26 bits per heavy atom. The van der Waals surface area contributed by atoms with Crippen LogP contribution in [-0.2, 0) is 15.6 Å². The molecule has 0 unspecified atom stereocenters. The van der Waals surface area contributed by atoms with Gasteiger partial charge in [-0.25, -0.2) is 8.42 Å². The highest BCUT2D eigenvalue weighted by molar-refractivity contribution is 7.99. The van der Waals surface area contributed by atoms with Crippen LogP contribution in [0.15, 0.2) is 55.4 Å². The Bertz CT molecular complexity index is 679. The van der Waals surface area contributed by atoms with Crippen LogP contribution < -0.4 is 0 Å². The maximum atomic E-state index is 12.2. The van der Waals surface area contributed by atoms with E-state index in [0.29, 0.717) is 16.1 Å². The minimum atomic E-state index is -3.44. The summed E-state index contributed by atoms with van der Waals surface area (Å²) in [4.78, 5) is 3.95. The number of hydrogen-bond acceptors (Lipinski definition) is 3. The van der Waals surface area contributed by atoms with E-state index in [-0.39, 0.29) is 10.7 Å². The van der Waals surface area contributed by atoms with Gasteiger partial charge in [-0.15, -0.1) is 0 Å². The number of nitrogens with zero attached hydrogens (tertiary/aromatic N) is 1. The smallest absolute Gasteiger partial charge is 0.182 e. The van der Waals surface area contributed by atoms with E-state index in [9.17, 15) is 8.42 Å². The van der Waals surface area contributed by atoms with Gasteiger partial charge in [0.25, 0.3) is 0 Å². The van der Waals surface area contributed by atoms with Crippen LogP contribution >= 0.6 is 11.6 Å². The number of pyridine rings is 1. The van der Waals surface area contributed by atoms with E-state index in [0.717, 1.165) is 0 Å². The summed E-state index contributed by atoms with van der Waals surface area (Å²) in [6.45, 7) is 3.67. The molecular formula is C14H12ClNO2S.